The van der Waals surface area contributed by atoms with E-state index in [1.807, 2.05) is 0 Å². The third-order valence-electron chi connectivity index (χ3n) is 2.83. The molecular formula is C8H16N2. The van der Waals surface area contributed by atoms with Crippen molar-refractivity contribution in [1.82, 2.24) is 5.32 Å². The maximum Gasteiger partial charge on any atom is 0.0311 e. The topological polar surface area (TPSA) is 38.0 Å². The molecule has 2 heteroatoms. The Morgan fingerprint density at radius 2 is 2.10 bits per heavy atom. The minimum atomic E-state index is 0.209. The van der Waals surface area contributed by atoms with Gasteiger partial charge in [0, 0.05) is 11.6 Å². The molecule has 10 heavy (non-hydrogen) atoms. The predicted molar refractivity (Wildman–Crippen MR) is 41.8 cm³/mol. The van der Waals surface area contributed by atoms with Gasteiger partial charge in [0.2, 0.25) is 0 Å². The third-order valence-corrected chi connectivity index (χ3v) is 2.83. The lowest BCUT2D eigenvalue weighted by atomic mass is 9.97. The number of rotatable bonds is 1. The van der Waals surface area contributed by atoms with E-state index < -0.39 is 0 Å². The molecule has 1 saturated carbocycles. The number of nitrogens with one attached hydrogen (secondary N) is 1. The Morgan fingerprint density at radius 1 is 1.30 bits per heavy atom. The molecule has 1 atom stereocenters. The molecule has 0 aromatic heterocycles. The Kier molecular flexibility index (Phi) is 1.46. The molecule has 0 bridgehead atoms. The van der Waals surface area contributed by atoms with Crippen LogP contribution >= 0.6 is 0 Å². The zero-order chi connectivity index (χ0) is 7.03. The SMILES string of the molecule is NC1(C2CCCCN2)CC1. The first kappa shape index (κ1) is 6.62. The first-order valence-corrected chi connectivity index (χ1v) is 4.33. The van der Waals surface area contributed by atoms with E-state index in [2.05, 4.69) is 5.32 Å². The summed E-state index contributed by atoms with van der Waals surface area (Å²) in [4.78, 5) is 0. The number of hydrogen-bond donors (Lipinski definition) is 2. The predicted octanol–water partition coefficient (Wildman–Crippen LogP) is 0.620. The normalized spacial score (nSPS) is 37.5. The second kappa shape index (κ2) is 2.21. The van der Waals surface area contributed by atoms with Crippen molar-refractivity contribution in [2.45, 2.75) is 43.7 Å². The van der Waals surface area contributed by atoms with Crippen LogP contribution in [0.2, 0.25) is 0 Å². The van der Waals surface area contributed by atoms with Gasteiger partial charge in [-0.2, -0.15) is 0 Å². The summed E-state index contributed by atoms with van der Waals surface area (Å²) in [5.41, 5.74) is 6.27. The van der Waals surface area contributed by atoms with Crippen molar-refractivity contribution >= 4 is 0 Å². The van der Waals surface area contributed by atoms with Gasteiger partial charge in [0.05, 0.1) is 0 Å². The van der Waals surface area contributed by atoms with Gasteiger partial charge in [-0.15, -0.1) is 0 Å². The first-order chi connectivity index (χ1) is 4.81. The van der Waals surface area contributed by atoms with E-state index in [0.717, 1.165) is 0 Å². The molecule has 1 heterocycles. The van der Waals surface area contributed by atoms with Gasteiger partial charge in [-0.3, -0.25) is 0 Å². The van der Waals surface area contributed by atoms with E-state index in [-0.39, 0.29) is 5.54 Å². The molecule has 1 saturated heterocycles. The van der Waals surface area contributed by atoms with Gasteiger partial charge in [-0.1, -0.05) is 6.42 Å². The Balaban J connectivity index is 1.91. The van der Waals surface area contributed by atoms with Crippen LogP contribution in [0, 0.1) is 0 Å². The van der Waals surface area contributed by atoms with Gasteiger partial charge in [0.15, 0.2) is 0 Å². The molecule has 2 fully saturated rings. The van der Waals surface area contributed by atoms with Gasteiger partial charge in [-0.05, 0) is 32.2 Å². The third kappa shape index (κ3) is 1.06. The van der Waals surface area contributed by atoms with Crippen molar-refractivity contribution < 1.29 is 0 Å². The fourth-order valence-corrected chi connectivity index (χ4v) is 1.84. The Hall–Kier alpha value is -0.0800. The Morgan fingerprint density at radius 3 is 2.60 bits per heavy atom. The number of hydrogen-bond acceptors (Lipinski definition) is 2. The van der Waals surface area contributed by atoms with E-state index in [4.69, 9.17) is 5.73 Å². The average molecular weight is 140 g/mol. The minimum Gasteiger partial charge on any atom is -0.324 e. The molecule has 3 N–H and O–H groups in total. The maximum atomic E-state index is 6.06. The molecule has 0 aromatic rings. The maximum absolute atomic E-state index is 6.06. The van der Waals surface area contributed by atoms with Crippen LogP contribution in [0.25, 0.3) is 0 Å². The number of piperidine rings is 1. The van der Waals surface area contributed by atoms with Crippen molar-refractivity contribution in [2.75, 3.05) is 6.54 Å². The lowest BCUT2D eigenvalue weighted by Crippen LogP contribution is -2.49. The number of nitrogens with two attached hydrogens (primary N) is 1. The second-order valence-electron chi connectivity index (χ2n) is 3.74. The summed E-state index contributed by atoms with van der Waals surface area (Å²) in [5, 5.41) is 3.50. The van der Waals surface area contributed by atoms with E-state index in [0.29, 0.717) is 6.04 Å². The van der Waals surface area contributed by atoms with Crippen molar-refractivity contribution in [1.29, 1.82) is 0 Å². The first-order valence-electron chi connectivity index (χ1n) is 4.33. The summed E-state index contributed by atoms with van der Waals surface area (Å²) in [6.45, 7) is 1.18. The smallest absolute Gasteiger partial charge is 0.0311 e. The van der Waals surface area contributed by atoms with E-state index in [9.17, 15) is 0 Å². The van der Waals surface area contributed by atoms with Crippen LogP contribution < -0.4 is 11.1 Å². The largest absolute Gasteiger partial charge is 0.324 e. The van der Waals surface area contributed by atoms with Gasteiger partial charge in [-0.25, -0.2) is 0 Å². The second-order valence-corrected chi connectivity index (χ2v) is 3.74. The average Bonchev–Trinajstić information content (AvgIpc) is 2.72. The Labute approximate surface area is 62.2 Å². The summed E-state index contributed by atoms with van der Waals surface area (Å²) in [6.07, 6.45) is 6.50. The minimum absolute atomic E-state index is 0.209. The van der Waals surface area contributed by atoms with Crippen LogP contribution in [0.4, 0.5) is 0 Å². The Bertz CT molecular complexity index is 123. The summed E-state index contributed by atoms with van der Waals surface area (Å²) >= 11 is 0. The molecule has 2 nitrogen and oxygen atoms in total. The fourth-order valence-electron chi connectivity index (χ4n) is 1.84. The van der Waals surface area contributed by atoms with Crippen molar-refractivity contribution in [3.8, 4) is 0 Å². The van der Waals surface area contributed by atoms with Crippen LogP contribution in [-0.2, 0) is 0 Å². The fraction of sp³-hybridized carbons (Fsp3) is 1.00. The zero-order valence-electron chi connectivity index (χ0n) is 6.40. The van der Waals surface area contributed by atoms with Gasteiger partial charge < -0.3 is 11.1 Å². The molecule has 0 aromatic carbocycles. The van der Waals surface area contributed by atoms with Crippen molar-refractivity contribution in [3.63, 3.8) is 0 Å². The highest BCUT2D eigenvalue weighted by molar-refractivity contribution is 5.08. The molecule has 1 aliphatic heterocycles. The quantitative estimate of drug-likeness (QED) is 0.560. The molecule has 58 valence electrons. The molecule has 2 rings (SSSR count). The lowest BCUT2D eigenvalue weighted by molar-refractivity contribution is 0.338. The van der Waals surface area contributed by atoms with E-state index >= 15 is 0 Å². The summed E-state index contributed by atoms with van der Waals surface area (Å²) in [6, 6.07) is 0.640. The summed E-state index contributed by atoms with van der Waals surface area (Å²) in [5.74, 6) is 0. The van der Waals surface area contributed by atoms with Gasteiger partial charge in [0.1, 0.15) is 0 Å². The van der Waals surface area contributed by atoms with Crippen LogP contribution in [0.15, 0.2) is 0 Å². The van der Waals surface area contributed by atoms with Crippen molar-refractivity contribution in [2.24, 2.45) is 5.73 Å². The van der Waals surface area contributed by atoms with E-state index in [1.54, 1.807) is 0 Å². The van der Waals surface area contributed by atoms with Crippen LogP contribution in [-0.4, -0.2) is 18.1 Å². The summed E-state index contributed by atoms with van der Waals surface area (Å²) in [7, 11) is 0. The molecule has 0 spiro atoms. The highest BCUT2D eigenvalue weighted by Crippen LogP contribution is 2.38. The molecule has 1 aliphatic carbocycles. The molecular weight excluding hydrogens is 124 g/mol. The molecule has 2 aliphatic rings. The van der Waals surface area contributed by atoms with E-state index in [1.165, 1.54) is 38.6 Å². The highest BCUT2D eigenvalue weighted by Gasteiger charge is 2.45. The summed E-state index contributed by atoms with van der Waals surface area (Å²) < 4.78 is 0. The van der Waals surface area contributed by atoms with Crippen LogP contribution in [0.5, 0.6) is 0 Å². The zero-order valence-corrected chi connectivity index (χ0v) is 6.40. The molecule has 0 amide bonds. The highest BCUT2D eigenvalue weighted by atomic mass is 15.0. The van der Waals surface area contributed by atoms with Crippen molar-refractivity contribution in [3.05, 3.63) is 0 Å². The van der Waals surface area contributed by atoms with Crippen LogP contribution in [0.1, 0.15) is 32.1 Å². The van der Waals surface area contributed by atoms with Gasteiger partial charge in [0.25, 0.3) is 0 Å². The monoisotopic (exact) mass is 140 g/mol. The molecule has 1 unspecified atom stereocenters. The van der Waals surface area contributed by atoms with Crippen LogP contribution in [0.3, 0.4) is 0 Å². The lowest BCUT2D eigenvalue weighted by Gasteiger charge is -2.28. The molecule has 0 radical (unpaired) electrons. The standard InChI is InChI=1S/C8H16N2/c9-8(4-5-8)7-3-1-2-6-10-7/h7,10H,1-6,9H2. The van der Waals surface area contributed by atoms with Gasteiger partial charge >= 0.3 is 0 Å².